The van der Waals surface area contributed by atoms with Crippen molar-refractivity contribution < 1.29 is 4.74 Å². The number of nitrogen functional groups attached to an aromatic ring is 1. The predicted octanol–water partition coefficient (Wildman–Crippen LogP) is 4.46. The van der Waals surface area contributed by atoms with Crippen molar-refractivity contribution in [1.82, 2.24) is 10.2 Å². The van der Waals surface area contributed by atoms with E-state index < -0.39 is 0 Å². The molecular formula is C18H18IN3O. The van der Waals surface area contributed by atoms with E-state index in [0.717, 1.165) is 26.1 Å². The van der Waals surface area contributed by atoms with E-state index in [-0.39, 0.29) is 0 Å². The Morgan fingerprint density at radius 2 is 1.83 bits per heavy atom. The molecule has 0 amide bonds. The number of rotatable bonds is 4. The fraction of sp³-hybridized carbons (Fsp3) is 0.167. The van der Waals surface area contributed by atoms with Gasteiger partial charge in [-0.15, -0.1) is 0 Å². The molecule has 118 valence electrons. The van der Waals surface area contributed by atoms with Crippen LogP contribution in [0.2, 0.25) is 0 Å². The zero-order valence-electron chi connectivity index (χ0n) is 13.1. The molecule has 0 radical (unpaired) electrons. The van der Waals surface area contributed by atoms with Crippen molar-refractivity contribution in [2.24, 2.45) is 0 Å². The maximum absolute atomic E-state index is 6.09. The lowest BCUT2D eigenvalue weighted by Crippen LogP contribution is -1.99. The van der Waals surface area contributed by atoms with E-state index in [1.54, 1.807) is 0 Å². The van der Waals surface area contributed by atoms with Gasteiger partial charge in [0.05, 0.1) is 9.26 Å². The molecule has 0 spiro atoms. The molecule has 0 aliphatic heterocycles. The molecule has 23 heavy (non-hydrogen) atoms. The number of hydrogen-bond acceptors (Lipinski definition) is 3. The molecule has 1 aromatic heterocycles. The van der Waals surface area contributed by atoms with Crippen LogP contribution in [-0.4, -0.2) is 10.2 Å². The van der Waals surface area contributed by atoms with Gasteiger partial charge in [0.1, 0.15) is 12.4 Å². The molecule has 0 saturated carbocycles. The van der Waals surface area contributed by atoms with E-state index in [9.17, 15) is 0 Å². The summed E-state index contributed by atoms with van der Waals surface area (Å²) in [6.07, 6.45) is 0. The number of aromatic nitrogens is 2. The van der Waals surface area contributed by atoms with Crippen molar-refractivity contribution in [3.63, 3.8) is 0 Å². The van der Waals surface area contributed by atoms with Gasteiger partial charge < -0.3 is 10.5 Å². The van der Waals surface area contributed by atoms with E-state index >= 15 is 0 Å². The molecule has 3 rings (SSSR count). The summed E-state index contributed by atoms with van der Waals surface area (Å²) >= 11 is 2.21. The second kappa shape index (κ2) is 6.62. The van der Waals surface area contributed by atoms with Crippen LogP contribution in [0.1, 0.15) is 16.7 Å². The van der Waals surface area contributed by atoms with Gasteiger partial charge in [0.2, 0.25) is 0 Å². The Balaban J connectivity index is 1.98. The average Bonchev–Trinajstić information content (AvgIpc) is 2.89. The molecule has 0 atom stereocenters. The number of aryl methyl sites for hydroxylation is 2. The second-order valence-corrected chi connectivity index (χ2v) is 6.58. The minimum atomic E-state index is 0.507. The van der Waals surface area contributed by atoms with Gasteiger partial charge in [-0.25, -0.2) is 0 Å². The SMILES string of the molecule is Cc1cc(OCc2ccccc2)c(-c2[nH]nc(N)c2I)cc1C. The smallest absolute Gasteiger partial charge is 0.159 e. The molecule has 3 N–H and O–H groups in total. The minimum absolute atomic E-state index is 0.507. The fourth-order valence-electron chi connectivity index (χ4n) is 2.36. The van der Waals surface area contributed by atoms with Crippen molar-refractivity contribution in [1.29, 1.82) is 0 Å². The molecule has 5 heteroatoms. The Kier molecular flexibility index (Phi) is 4.56. The predicted molar refractivity (Wildman–Crippen MR) is 101 cm³/mol. The van der Waals surface area contributed by atoms with Crippen molar-refractivity contribution in [2.75, 3.05) is 5.73 Å². The van der Waals surface area contributed by atoms with Gasteiger partial charge in [0.25, 0.3) is 0 Å². The molecule has 0 unspecified atom stereocenters. The maximum atomic E-state index is 6.09. The Bertz CT molecular complexity index is 828. The number of anilines is 1. The normalized spacial score (nSPS) is 10.7. The number of benzene rings is 2. The van der Waals surface area contributed by atoms with Gasteiger partial charge in [-0.3, -0.25) is 5.10 Å². The van der Waals surface area contributed by atoms with E-state index in [1.165, 1.54) is 11.1 Å². The topological polar surface area (TPSA) is 63.9 Å². The first kappa shape index (κ1) is 15.9. The summed E-state index contributed by atoms with van der Waals surface area (Å²) in [6.45, 7) is 4.70. The minimum Gasteiger partial charge on any atom is -0.488 e. The summed E-state index contributed by atoms with van der Waals surface area (Å²) in [4.78, 5) is 0. The molecule has 1 heterocycles. The molecule has 2 aromatic carbocycles. The third-order valence-corrected chi connectivity index (χ3v) is 4.93. The Hall–Kier alpha value is -2.02. The van der Waals surface area contributed by atoms with E-state index in [2.05, 4.69) is 70.9 Å². The number of hydrogen-bond donors (Lipinski definition) is 2. The maximum Gasteiger partial charge on any atom is 0.159 e. The van der Waals surface area contributed by atoms with Gasteiger partial charge >= 0.3 is 0 Å². The first-order chi connectivity index (χ1) is 11.1. The number of nitrogens with one attached hydrogen (secondary N) is 1. The van der Waals surface area contributed by atoms with Crippen LogP contribution < -0.4 is 10.5 Å². The quantitative estimate of drug-likeness (QED) is 0.614. The summed E-state index contributed by atoms with van der Waals surface area (Å²) in [5.74, 6) is 1.34. The lowest BCUT2D eigenvalue weighted by atomic mass is 10.0. The number of halogens is 1. The summed E-state index contributed by atoms with van der Waals surface area (Å²) in [7, 11) is 0. The van der Waals surface area contributed by atoms with Crippen molar-refractivity contribution in [2.45, 2.75) is 20.5 Å². The second-order valence-electron chi connectivity index (χ2n) is 5.50. The molecule has 0 fully saturated rings. The van der Waals surface area contributed by atoms with Gasteiger partial charge in [-0.1, -0.05) is 30.3 Å². The lowest BCUT2D eigenvalue weighted by molar-refractivity contribution is 0.307. The van der Waals surface area contributed by atoms with Crippen molar-refractivity contribution >= 4 is 28.4 Å². The zero-order chi connectivity index (χ0) is 16.4. The largest absolute Gasteiger partial charge is 0.488 e. The van der Waals surface area contributed by atoms with Crippen LogP contribution in [0.4, 0.5) is 5.82 Å². The summed E-state index contributed by atoms with van der Waals surface area (Å²) in [5.41, 5.74) is 11.3. The number of nitrogens with zero attached hydrogens (tertiary/aromatic N) is 1. The molecule has 0 aliphatic carbocycles. The van der Waals surface area contributed by atoms with Crippen LogP contribution in [0.5, 0.6) is 5.75 Å². The van der Waals surface area contributed by atoms with Gasteiger partial charge in [-0.05, 0) is 65.3 Å². The highest BCUT2D eigenvalue weighted by atomic mass is 127. The molecule has 4 nitrogen and oxygen atoms in total. The summed E-state index contributed by atoms with van der Waals surface area (Å²) in [6, 6.07) is 14.3. The average molecular weight is 419 g/mol. The molecule has 0 bridgehead atoms. The summed E-state index contributed by atoms with van der Waals surface area (Å²) in [5, 5.41) is 7.11. The van der Waals surface area contributed by atoms with Crippen LogP contribution in [0, 0.1) is 17.4 Å². The Labute approximate surface area is 149 Å². The van der Waals surface area contributed by atoms with E-state index in [0.29, 0.717) is 12.4 Å². The zero-order valence-corrected chi connectivity index (χ0v) is 15.2. The van der Waals surface area contributed by atoms with Crippen LogP contribution in [-0.2, 0) is 6.61 Å². The monoisotopic (exact) mass is 419 g/mol. The number of H-pyrrole nitrogens is 1. The van der Waals surface area contributed by atoms with Crippen molar-refractivity contribution in [3.05, 3.63) is 62.7 Å². The van der Waals surface area contributed by atoms with Crippen LogP contribution in [0.25, 0.3) is 11.3 Å². The third-order valence-electron chi connectivity index (χ3n) is 3.83. The molecule has 0 aliphatic rings. The lowest BCUT2D eigenvalue weighted by Gasteiger charge is -2.14. The number of nitrogens with two attached hydrogens (primary N) is 1. The standard InChI is InChI=1S/C18H18IN3O/c1-11-8-14(17-16(19)18(20)22-21-17)15(9-12(11)2)23-10-13-6-4-3-5-7-13/h3-9H,10H2,1-2H3,(H3,20,21,22). The number of aromatic amines is 1. The first-order valence-electron chi connectivity index (χ1n) is 7.34. The Morgan fingerprint density at radius 3 is 2.48 bits per heavy atom. The highest BCUT2D eigenvalue weighted by Gasteiger charge is 2.16. The van der Waals surface area contributed by atoms with Gasteiger partial charge in [-0.2, -0.15) is 5.10 Å². The van der Waals surface area contributed by atoms with Gasteiger partial charge in [0, 0.05) is 5.56 Å². The van der Waals surface area contributed by atoms with Crippen LogP contribution >= 0.6 is 22.6 Å². The van der Waals surface area contributed by atoms with E-state index in [1.807, 2.05) is 18.2 Å². The summed E-state index contributed by atoms with van der Waals surface area (Å²) < 4.78 is 7.00. The highest BCUT2D eigenvalue weighted by Crippen LogP contribution is 2.36. The van der Waals surface area contributed by atoms with Crippen LogP contribution in [0.3, 0.4) is 0 Å². The van der Waals surface area contributed by atoms with E-state index in [4.69, 9.17) is 10.5 Å². The van der Waals surface area contributed by atoms with Gasteiger partial charge in [0.15, 0.2) is 5.82 Å². The third kappa shape index (κ3) is 3.34. The molecular weight excluding hydrogens is 401 g/mol. The molecule has 0 saturated heterocycles. The fourth-order valence-corrected chi connectivity index (χ4v) is 2.89. The highest BCUT2D eigenvalue weighted by molar-refractivity contribution is 14.1. The Morgan fingerprint density at radius 1 is 1.13 bits per heavy atom. The van der Waals surface area contributed by atoms with Crippen molar-refractivity contribution in [3.8, 4) is 17.0 Å². The van der Waals surface area contributed by atoms with Crippen LogP contribution in [0.15, 0.2) is 42.5 Å². The molecule has 3 aromatic rings. The number of ether oxygens (including phenoxy) is 1. The first-order valence-corrected chi connectivity index (χ1v) is 8.42.